The number of hydrogen-bond donors (Lipinski definition) is 0. The maximum atomic E-state index is 13.1. The van der Waals surface area contributed by atoms with Crippen LogP contribution in [0.2, 0.25) is 0 Å². The van der Waals surface area contributed by atoms with Crippen LogP contribution in [0.5, 0.6) is 0 Å². The zero-order valence-electron chi connectivity index (χ0n) is 17.1. The minimum absolute atomic E-state index is 0.162. The molecule has 1 atom stereocenters. The molecule has 0 bridgehead atoms. The fourth-order valence-electron chi connectivity index (χ4n) is 4.33. The van der Waals surface area contributed by atoms with Gasteiger partial charge in [0.25, 0.3) is 5.56 Å². The second kappa shape index (κ2) is 8.08. The zero-order valence-corrected chi connectivity index (χ0v) is 17.9. The van der Waals surface area contributed by atoms with Gasteiger partial charge >= 0.3 is 5.97 Å². The summed E-state index contributed by atoms with van der Waals surface area (Å²) < 4.78 is 6.56. The van der Waals surface area contributed by atoms with E-state index in [1.54, 1.807) is 22.4 Å². The lowest BCUT2D eigenvalue weighted by atomic mass is 9.93. The highest BCUT2D eigenvalue weighted by Crippen LogP contribution is 2.41. The molecule has 1 aliphatic rings. The maximum absolute atomic E-state index is 13.1. The quantitative estimate of drug-likeness (QED) is 0.426. The van der Waals surface area contributed by atoms with Gasteiger partial charge in [-0.2, -0.15) is 0 Å². The molecule has 0 radical (unpaired) electrons. The van der Waals surface area contributed by atoms with Gasteiger partial charge in [-0.3, -0.25) is 9.36 Å². The highest BCUT2D eigenvalue weighted by Gasteiger charge is 2.33. The van der Waals surface area contributed by atoms with Gasteiger partial charge in [0.15, 0.2) is 0 Å². The number of hydrogen-bond acceptors (Lipinski definition) is 4. The van der Waals surface area contributed by atoms with Crippen LogP contribution in [0.4, 0.5) is 0 Å². The first-order valence-corrected chi connectivity index (χ1v) is 11.2. The van der Waals surface area contributed by atoms with Crippen molar-refractivity contribution in [1.82, 2.24) is 4.57 Å². The molecule has 2 heterocycles. The number of methoxy groups -OCH3 is 1. The van der Waals surface area contributed by atoms with Crippen molar-refractivity contribution in [2.75, 3.05) is 12.9 Å². The monoisotopic (exact) mass is 427 g/mol. The summed E-state index contributed by atoms with van der Waals surface area (Å²) in [5.74, 6) is 0.119. The Kier molecular flexibility index (Phi) is 5.12. The standard InChI is InChI=1S/C26H21NO3S/c1-30-26(29)22-16-31-25-24(18-9-3-2-4-10-18)20(15-23(28)27(22)25)14-19-12-7-11-17-8-5-6-13-21(17)19/h2-13,15,22H,14,16H2,1H3/t22-/m0/s1. The summed E-state index contributed by atoms with van der Waals surface area (Å²) in [5.41, 5.74) is 4.04. The first-order valence-electron chi connectivity index (χ1n) is 10.2. The molecule has 5 heteroatoms. The Hall–Kier alpha value is -3.31. The van der Waals surface area contributed by atoms with Gasteiger partial charge in [-0.15, -0.1) is 11.8 Å². The zero-order chi connectivity index (χ0) is 21.4. The number of carbonyl (C=O) groups excluding carboxylic acids is 1. The smallest absolute Gasteiger partial charge is 0.329 e. The lowest BCUT2D eigenvalue weighted by Crippen LogP contribution is -2.30. The average molecular weight is 428 g/mol. The van der Waals surface area contributed by atoms with Crippen LogP contribution in [0.15, 0.2) is 88.7 Å². The van der Waals surface area contributed by atoms with E-state index in [4.69, 9.17) is 4.74 Å². The summed E-state index contributed by atoms with van der Waals surface area (Å²) in [6, 6.07) is 25.8. The van der Waals surface area contributed by atoms with E-state index in [-0.39, 0.29) is 11.5 Å². The van der Waals surface area contributed by atoms with Gasteiger partial charge in [-0.1, -0.05) is 72.8 Å². The molecule has 0 aliphatic carbocycles. The van der Waals surface area contributed by atoms with Crippen LogP contribution in [-0.4, -0.2) is 23.4 Å². The average Bonchev–Trinajstić information content (AvgIpc) is 3.25. The molecule has 31 heavy (non-hydrogen) atoms. The van der Waals surface area contributed by atoms with Crippen molar-refractivity contribution in [3.63, 3.8) is 0 Å². The minimum Gasteiger partial charge on any atom is -0.467 e. The van der Waals surface area contributed by atoms with Crippen LogP contribution >= 0.6 is 11.8 Å². The van der Waals surface area contributed by atoms with Crippen molar-refractivity contribution in [2.45, 2.75) is 17.5 Å². The molecule has 0 N–H and O–H groups in total. The van der Waals surface area contributed by atoms with Crippen LogP contribution in [0.3, 0.4) is 0 Å². The van der Waals surface area contributed by atoms with E-state index in [1.807, 2.05) is 30.3 Å². The van der Waals surface area contributed by atoms with Crippen LogP contribution in [-0.2, 0) is 16.0 Å². The fraction of sp³-hybridized carbons (Fsp3) is 0.154. The molecule has 0 saturated heterocycles. The Morgan fingerprint density at radius 1 is 1.00 bits per heavy atom. The van der Waals surface area contributed by atoms with Crippen molar-refractivity contribution in [3.05, 3.63) is 100 Å². The number of aromatic nitrogens is 1. The molecule has 0 saturated carbocycles. The second-order valence-electron chi connectivity index (χ2n) is 7.59. The number of pyridine rings is 1. The second-order valence-corrected chi connectivity index (χ2v) is 8.60. The van der Waals surface area contributed by atoms with Crippen molar-refractivity contribution in [3.8, 4) is 11.1 Å². The Morgan fingerprint density at radius 3 is 2.55 bits per heavy atom. The number of carbonyl (C=O) groups is 1. The highest BCUT2D eigenvalue weighted by atomic mass is 32.2. The number of rotatable bonds is 4. The largest absolute Gasteiger partial charge is 0.467 e. The molecule has 1 aromatic heterocycles. The van der Waals surface area contributed by atoms with Gasteiger partial charge in [0.05, 0.1) is 12.1 Å². The van der Waals surface area contributed by atoms with E-state index in [2.05, 4.69) is 42.5 Å². The summed E-state index contributed by atoms with van der Waals surface area (Å²) in [7, 11) is 1.36. The minimum atomic E-state index is -0.591. The number of fused-ring (bicyclic) bond motifs is 2. The van der Waals surface area contributed by atoms with Gasteiger partial charge in [0, 0.05) is 17.4 Å². The SMILES string of the molecule is COC(=O)[C@@H]1CSc2c(-c3ccccc3)c(Cc3cccc4ccccc34)cc(=O)n21. The van der Waals surface area contributed by atoms with Crippen molar-refractivity contribution in [1.29, 1.82) is 0 Å². The van der Waals surface area contributed by atoms with Gasteiger partial charge in [0.1, 0.15) is 6.04 Å². The molecular formula is C26H21NO3S. The normalized spacial score (nSPS) is 15.1. The molecule has 0 amide bonds. The highest BCUT2D eigenvalue weighted by molar-refractivity contribution is 7.99. The lowest BCUT2D eigenvalue weighted by molar-refractivity contribution is -0.143. The third kappa shape index (κ3) is 3.45. The third-order valence-corrected chi connectivity index (χ3v) is 6.93. The fourth-order valence-corrected chi connectivity index (χ4v) is 5.68. The van der Waals surface area contributed by atoms with Crippen molar-refractivity contribution >= 4 is 28.5 Å². The van der Waals surface area contributed by atoms with E-state index in [9.17, 15) is 9.59 Å². The number of esters is 1. The Morgan fingerprint density at radius 2 is 1.74 bits per heavy atom. The van der Waals surface area contributed by atoms with Crippen molar-refractivity contribution in [2.24, 2.45) is 0 Å². The van der Waals surface area contributed by atoms with E-state index in [0.29, 0.717) is 12.2 Å². The van der Waals surface area contributed by atoms with E-state index >= 15 is 0 Å². The molecule has 3 aromatic carbocycles. The number of ether oxygens (including phenoxy) is 1. The van der Waals surface area contributed by atoms with Gasteiger partial charge in [-0.25, -0.2) is 4.79 Å². The van der Waals surface area contributed by atoms with E-state index in [1.165, 1.54) is 23.4 Å². The molecule has 0 spiro atoms. The molecule has 5 rings (SSSR count). The number of thioether (sulfide) groups is 1. The number of benzene rings is 3. The molecule has 0 fully saturated rings. The van der Waals surface area contributed by atoms with Crippen LogP contribution in [0, 0.1) is 0 Å². The maximum Gasteiger partial charge on any atom is 0.329 e. The molecule has 154 valence electrons. The molecule has 4 nitrogen and oxygen atoms in total. The van der Waals surface area contributed by atoms with Crippen LogP contribution in [0.25, 0.3) is 21.9 Å². The number of nitrogens with zero attached hydrogens (tertiary/aromatic N) is 1. The van der Waals surface area contributed by atoms with E-state index in [0.717, 1.165) is 21.7 Å². The lowest BCUT2D eigenvalue weighted by Gasteiger charge is -2.18. The summed E-state index contributed by atoms with van der Waals surface area (Å²) >= 11 is 1.55. The van der Waals surface area contributed by atoms with Gasteiger partial charge in [0.2, 0.25) is 0 Å². The predicted octanol–water partition coefficient (Wildman–Crippen LogP) is 5.08. The van der Waals surface area contributed by atoms with Crippen LogP contribution in [0.1, 0.15) is 17.2 Å². The molecular weight excluding hydrogens is 406 g/mol. The summed E-state index contributed by atoms with van der Waals surface area (Å²) in [6.07, 6.45) is 0.637. The molecule has 1 aliphatic heterocycles. The summed E-state index contributed by atoms with van der Waals surface area (Å²) in [6.45, 7) is 0. The molecule has 4 aromatic rings. The first-order chi connectivity index (χ1) is 15.2. The van der Waals surface area contributed by atoms with Gasteiger partial charge < -0.3 is 4.74 Å². The molecule has 0 unspecified atom stereocenters. The predicted molar refractivity (Wildman–Crippen MR) is 125 cm³/mol. The van der Waals surface area contributed by atoms with Crippen molar-refractivity contribution < 1.29 is 9.53 Å². The summed E-state index contributed by atoms with van der Waals surface area (Å²) in [4.78, 5) is 25.4. The Bertz CT molecular complexity index is 1340. The Labute approximate surface area is 184 Å². The van der Waals surface area contributed by atoms with E-state index < -0.39 is 6.04 Å². The topological polar surface area (TPSA) is 48.3 Å². The Balaban J connectivity index is 1.72. The van der Waals surface area contributed by atoms with Crippen LogP contribution < -0.4 is 5.56 Å². The first kappa shape index (κ1) is 19.6. The summed E-state index contributed by atoms with van der Waals surface area (Å²) in [5, 5.41) is 3.20. The third-order valence-electron chi connectivity index (χ3n) is 5.78. The van der Waals surface area contributed by atoms with Gasteiger partial charge in [-0.05, 0) is 33.9 Å².